The van der Waals surface area contributed by atoms with Gasteiger partial charge in [0, 0.05) is 17.5 Å². The maximum Gasteiger partial charge on any atom is 0.324 e. The number of hydrogen-bond donors (Lipinski definition) is 2. The molecular formula is C11H16N2O3S. The highest BCUT2D eigenvalue weighted by Gasteiger charge is 2.22. The van der Waals surface area contributed by atoms with Crippen LogP contribution in [0.4, 0.5) is 5.00 Å². The van der Waals surface area contributed by atoms with Crippen LogP contribution < -0.4 is 5.32 Å². The average Bonchev–Trinajstić information content (AvgIpc) is 2.88. The first kappa shape index (κ1) is 12.5. The lowest BCUT2D eigenvalue weighted by Crippen LogP contribution is -2.20. The highest BCUT2D eigenvalue weighted by Crippen LogP contribution is 2.26. The molecule has 1 aromatic rings. The monoisotopic (exact) mass is 256 g/mol. The van der Waals surface area contributed by atoms with E-state index in [2.05, 4.69) is 5.32 Å². The van der Waals surface area contributed by atoms with E-state index in [1.165, 1.54) is 11.3 Å². The zero-order valence-corrected chi connectivity index (χ0v) is 10.3. The van der Waals surface area contributed by atoms with E-state index in [9.17, 15) is 15.2 Å². The van der Waals surface area contributed by atoms with Gasteiger partial charge in [-0.05, 0) is 37.8 Å². The van der Waals surface area contributed by atoms with E-state index in [0.717, 1.165) is 30.7 Å². The maximum atomic E-state index is 10.5. The standard InChI is InChI=1S/C11H16N2O3S/c14-9-2-1-8(5-9)6-12-7-10-3-4-11(17-10)13(15)16/h3-4,8-9,12,14H,1-2,5-7H2. The Labute approximate surface area is 104 Å². The van der Waals surface area contributed by atoms with Crippen LogP contribution in [0.15, 0.2) is 12.1 Å². The van der Waals surface area contributed by atoms with Crippen molar-refractivity contribution < 1.29 is 10.0 Å². The topological polar surface area (TPSA) is 75.4 Å². The van der Waals surface area contributed by atoms with Crippen molar-refractivity contribution in [1.82, 2.24) is 5.32 Å². The van der Waals surface area contributed by atoms with Gasteiger partial charge >= 0.3 is 5.00 Å². The number of nitrogens with one attached hydrogen (secondary N) is 1. The first-order valence-electron chi connectivity index (χ1n) is 5.77. The number of nitrogens with zero attached hydrogens (tertiary/aromatic N) is 1. The minimum absolute atomic E-state index is 0.135. The van der Waals surface area contributed by atoms with E-state index in [-0.39, 0.29) is 16.0 Å². The summed E-state index contributed by atoms with van der Waals surface area (Å²) in [4.78, 5) is 11.1. The predicted molar refractivity (Wildman–Crippen MR) is 66.0 cm³/mol. The second-order valence-electron chi connectivity index (χ2n) is 4.46. The second-order valence-corrected chi connectivity index (χ2v) is 5.61. The third-order valence-electron chi connectivity index (χ3n) is 3.07. The van der Waals surface area contributed by atoms with E-state index < -0.39 is 0 Å². The molecular weight excluding hydrogens is 240 g/mol. The average molecular weight is 256 g/mol. The Morgan fingerprint density at radius 3 is 2.94 bits per heavy atom. The molecule has 0 radical (unpaired) electrons. The van der Waals surface area contributed by atoms with Gasteiger partial charge in [-0.2, -0.15) is 0 Å². The molecule has 1 fully saturated rings. The number of hydrogen-bond acceptors (Lipinski definition) is 5. The van der Waals surface area contributed by atoms with Gasteiger partial charge in [0.1, 0.15) is 0 Å². The summed E-state index contributed by atoms with van der Waals surface area (Å²) in [6, 6.07) is 3.33. The van der Waals surface area contributed by atoms with Crippen LogP contribution in [-0.2, 0) is 6.54 Å². The summed E-state index contributed by atoms with van der Waals surface area (Å²) in [7, 11) is 0. The van der Waals surface area contributed by atoms with Crippen LogP contribution in [0.5, 0.6) is 0 Å². The molecule has 0 saturated heterocycles. The second kappa shape index (κ2) is 5.57. The molecule has 1 aromatic heterocycles. The van der Waals surface area contributed by atoms with Gasteiger partial charge in [-0.25, -0.2) is 0 Å². The molecule has 2 rings (SSSR count). The molecule has 5 nitrogen and oxygen atoms in total. The smallest absolute Gasteiger partial charge is 0.324 e. The summed E-state index contributed by atoms with van der Waals surface area (Å²) in [6.45, 7) is 1.55. The third-order valence-corrected chi connectivity index (χ3v) is 4.11. The maximum absolute atomic E-state index is 10.5. The van der Waals surface area contributed by atoms with Gasteiger partial charge in [0.15, 0.2) is 0 Å². The van der Waals surface area contributed by atoms with Gasteiger partial charge in [-0.1, -0.05) is 11.3 Å². The summed E-state index contributed by atoms with van der Waals surface area (Å²) in [6.07, 6.45) is 2.71. The highest BCUT2D eigenvalue weighted by molar-refractivity contribution is 7.15. The molecule has 1 aliphatic carbocycles. The van der Waals surface area contributed by atoms with Crippen LogP contribution in [0.2, 0.25) is 0 Å². The number of rotatable bonds is 5. The Hall–Kier alpha value is -0.980. The SMILES string of the molecule is O=[N+]([O-])c1ccc(CNCC2CCC(O)C2)s1. The van der Waals surface area contributed by atoms with Gasteiger partial charge < -0.3 is 10.4 Å². The highest BCUT2D eigenvalue weighted by atomic mass is 32.1. The number of nitro groups is 1. The van der Waals surface area contributed by atoms with E-state index >= 15 is 0 Å². The summed E-state index contributed by atoms with van der Waals surface area (Å²) in [5.41, 5.74) is 0. The fourth-order valence-electron chi connectivity index (χ4n) is 2.19. The van der Waals surface area contributed by atoms with E-state index in [1.54, 1.807) is 12.1 Å². The number of aliphatic hydroxyl groups is 1. The van der Waals surface area contributed by atoms with E-state index in [1.807, 2.05) is 0 Å². The molecule has 1 heterocycles. The van der Waals surface area contributed by atoms with Crippen LogP contribution in [-0.4, -0.2) is 22.7 Å². The van der Waals surface area contributed by atoms with Crippen molar-refractivity contribution in [3.05, 3.63) is 27.1 Å². The minimum atomic E-state index is -0.360. The van der Waals surface area contributed by atoms with Crippen LogP contribution in [0, 0.1) is 16.0 Å². The summed E-state index contributed by atoms with van der Waals surface area (Å²) in [5, 5.41) is 23.4. The molecule has 1 saturated carbocycles. The molecule has 0 spiro atoms. The van der Waals surface area contributed by atoms with Crippen molar-refractivity contribution >= 4 is 16.3 Å². The van der Waals surface area contributed by atoms with Gasteiger partial charge in [0.2, 0.25) is 0 Å². The molecule has 2 unspecified atom stereocenters. The largest absolute Gasteiger partial charge is 0.393 e. The summed E-state index contributed by atoms with van der Waals surface area (Å²) in [5.74, 6) is 0.542. The van der Waals surface area contributed by atoms with Crippen molar-refractivity contribution in [3.63, 3.8) is 0 Å². The lowest BCUT2D eigenvalue weighted by atomic mass is 10.1. The van der Waals surface area contributed by atoms with Gasteiger partial charge in [-0.15, -0.1) is 0 Å². The lowest BCUT2D eigenvalue weighted by molar-refractivity contribution is -0.380. The Morgan fingerprint density at radius 2 is 2.35 bits per heavy atom. The molecule has 0 aliphatic heterocycles. The van der Waals surface area contributed by atoms with Crippen molar-refractivity contribution in [3.8, 4) is 0 Å². The molecule has 94 valence electrons. The fourth-order valence-corrected chi connectivity index (χ4v) is 2.98. The first-order valence-corrected chi connectivity index (χ1v) is 6.58. The van der Waals surface area contributed by atoms with Crippen LogP contribution in [0.3, 0.4) is 0 Å². The zero-order valence-electron chi connectivity index (χ0n) is 9.46. The van der Waals surface area contributed by atoms with Gasteiger partial charge in [-0.3, -0.25) is 10.1 Å². The van der Waals surface area contributed by atoms with Crippen LogP contribution >= 0.6 is 11.3 Å². The number of thiophene rings is 1. The zero-order chi connectivity index (χ0) is 12.3. The van der Waals surface area contributed by atoms with Crippen molar-refractivity contribution in [2.75, 3.05) is 6.54 Å². The normalized spacial score (nSPS) is 24.1. The minimum Gasteiger partial charge on any atom is -0.393 e. The molecule has 6 heteroatoms. The lowest BCUT2D eigenvalue weighted by Gasteiger charge is -2.09. The number of aliphatic hydroxyl groups excluding tert-OH is 1. The molecule has 2 atom stereocenters. The molecule has 0 amide bonds. The Morgan fingerprint density at radius 1 is 1.53 bits per heavy atom. The Bertz CT molecular complexity index is 394. The van der Waals surface area contributed by atoms with Gasteiger partial charge in [0.05, 0.1) is 11.0 Å². The van der Waals surface area contributed by atoms with E-state index in [0.29, 0.717) is 12.5 Å². The van der Waals surface area contributed by atoms with Crippen LogP contribution in [0.1, 0.15) is 24.1 Å². The quantitative estimate of drug-likeness (QED) is 0.623. The molecule has 0 bridgehead atoms. The molecule has 1 aliphatic rings. The third kappa shape index (κ3) is 3.49. The Balaban J connectivity index is 1.72. The van der Waals surface area contributed by atoms with E-state index in [4.69, 9.17) is 0 Å². The predicted octanol–water partition coefficient (Wildman–Crippen LogP) is 1.91. The Kier molecular flexibility index (Phi) is 4.09. The summed E-state index contributed by atoms with van der Waals surface area (Å²) >= 11 is 1.21. The van der Waals surface area contributed by atoms with Crippen molar-refractivity contribution in [2.24, 2.45) is 5.92 Å². The molecule has 2 N–H and O–H groups in total. The van der Waals surface area contributed by atoms with Crippen LogP contribution in [0.25, 0.3) is 0 Å². The first-order chi connectivity index (χ1) is 8.15. The molecule has 0 aromatic carbocycles. The summed E-state index contributed by atoms with van der Waals surface area (Å²) < 4.78 is 0. The van der Waals surface area contributed by atoms with Crippen molar-refractivity contribution in [1.29, 1.82) is 0 Å². The van der Waals surface area contributed by atoms with Gasteiger partial charge in [0.25, 0.3) is 0 Å². The fraction of sp³-hybridized carbons (Fsp3) is 0.636. The molecule has 17 heavy (non-hydrogen) atoms. The van der Waals surface area contributed by atoms with Crippen molar-refractivity contribution in [2.45, 2.75) is 31.9 Å².